The number of aromatic nitrogens is 5. The fourth-order valence-electron chi connectivity index (χ4n) is 3.38. The Hall–Kier alpha value is -3.47. The van der Waals surface area contributed by atoms with Crippen LogP contribution in [0.5, 0.6) is 0 Å². The molecule has 0 saturated carbocycles. The number of para-hydroxylation sites is 2. The molecule has 0 spiro atoms. The van der Waals surface area contributed by atoms with Gasteiger partial charge in [-0.25, -0.2) is 9.97 Å². The summed E-state index contributed by atoms with van der Waals surface area (Å²) in [6, 6.07) is 12.1. The minimum Gasteiger partial charge on any atom is -0.327 e. The van der Waals surface area contributed by atoms with Crippen LogP contribution in [0.1, 0.15) is 46.0 Å². The molecule has 0 fully saturated rings. The lowest BCUT2D eigenvalue weighted by Gasteiger charge is -2.06. The van der Waals surface area contributed by atoms with Gasteiger partial charge in [-0.1, -0.05) is 52.5 Å². The molecule has 5 nitrogen and oxygen atoms in total. The van der Waals surface area contributed by atoms with Crippen molar-refractivity contribution in [1.29, 1.82) is 0 Å². The predicted molar refractivity (Wildman–Crippen MR) is 134 cm³/mol. The van der Waals surface area contributed by atoms with E-state index in [0.29, 0.717) is 0 Å². The van der Waals surface area contributed by atoms with Crippen molar-refractivity contribution in [3.63, 3.8) is 0 Å². The number of imidazole rings is 2. The molecule has 31 heavy (non-hydrogen) atoms. The van der Waals surface area contributed by atoms with Crippen molar-refractivity contribution in [2.45, 2.75) is 34.6 Å². The summed E-state index contributed by atoms with van der Waals surface area (Å²) < 4.78 is 4.12. The molecule has 0 atom stereocenters. The van der Waals surface area contributed by atoms with Crippen molar-refractivity contribution < 1.29 is 0 Å². The Morgan fingerprint density at radius 1 is 0.903 bits per heavy atom. The van der Waals surface area contributed by atoms with Crippen LogP contribution in [-0.2, 0) is 14.1 Å². The number of hydrogen-bond acceptors (Lipinski definition) is 3. The highest BCUT2D eigenvalue weighted by atomic mass is 15.1. The second kappa shape index (κ2) is 11.1. The average molecular weight is 416 g/mol. The molecule has 0 unspecified atom stereocenters. The Labute approximate surface area is 185 Å². The van der Waals surface area contributed by atoms with Crippen molar-refractivity contribution in [2.75, 3.05) is 0 Å². The molecule has 0 aliphatic rings. The van der Waals surface area contributed by atoms with E-state index in [4.69, 9.17) is 9.97 Å². The summed E-state index contributed by atoms with van der Waals surface area (Å²) in [7, 11) is 4.02. The van der Waals surface area contributed by atoms with Crippen LogP contribution in [0, 0.1) is 0 Å². The molecule has 4 aromatic rings. The Morgan fingerprint density at radius 2 is 1.61 bits per heavy atom. The highest BCUT2D eigenvalue weighted by Gasteiger charge is 2.15. The Bertz CT molecular complexity index is 1180. The van der Waals surface area contributed by atoms with E-state index in [1.54, 1.807) is 0 Å². The monoisotopic (exact) mass is 415 g/mol. The maximum atomic E-state index is 4.79. The summed E-state index contributed by atoms with van der Waals surface area (Å²) in [4.78, 5) is 14.1. The molecule has 0 bridgehead atoms. The van der Waals surface area contributed by atoms with E-state index < -0.39 is 0 Å². The number of benzene rings is 1. The van der Waals surface area contributed by atoms with Crippen molar-refractivity contribution in [3.05, 3.63) is 66.6 Å². The van der Waals surface area contributed by atoms with E-state index >= 15 is 0 Å². The zero-order valence-corrected chi connectivity index (χ0v) is 19.7. The summed E-state index contributed by atoms with van der Waals surface area (Å²) in [5.41, 5.74) is 5.76. The standard InChI is InChI=1S/C22H21N5.2C2H6/c1-5-9-16-19(6-2)26(3)21(24-16)15-12-13-23-18(14-15)22-25-17-10-7-8-11-20(17)27(22)4;2*1-2/h5-14H,2H2,1,3-4H3;2*1-2H3/b9-5-;;. The van der Waals surface area contributed by atoms with Crippen LogP contribution in [-0.4, -0.2) is 24.1 Å². The molecule has 3 heterocycles. The van der Waals surface area contributed by atoms with Gasteiger partial charge >= 0.3 is 0 Å². The molecule has 1 aromatic carbocycles. The maximum absolute atomic E-state index is 4.79. The molecule has 0 saturated heterocycles. The molecule has 162 valence electrons. The van der Waals surface area contributed by atoms with Gasteiger partial charge in [0.15, 0.2) is 5.82 Å². The van der Waals surface area contributed by atoms with Crippen LogP contribution >= 0.6 is 0 Å². The van der Waals surface area contributed by atoms with E-state index in [9.17, 15) is 0 Å². The lowest BCUT2D eigenvalue weighted by atomic mass is 10.2. The third-order valence-electron chi connectivity index (χ3n) is 4.72. The molecule has 4 rings (SSSR count). The van der Waals surface area contributed by atoms with Gasteiger partial charge in [0.25, 0.3) is 0 Å². The molecule has 0 aliphatic heterocycles. The predicted octanol–water partition coefficient (Wildman–Crippen LogP) is 6.76. The summed E-state index contributed by atoms with van der Waals surface area (Å²) in [5, 5.41) is 0. The first-order valence-electron chi connectivity index (χ1n) is 10.8. The zero-order chi connectivity index (χ0) is 23.0. The van der Waals surface area contributed by atoms with E-state index in [1.807, 2.05) is 103 Å². The van der Waals surface area contributed by atoms with Gasteiger partial charge < -0.3 is 9.13 Å². The van der Waals surface area contributed by atoms with E-state index in [1.165, 1.54) is 0 Å². The van der Waals surface area contributed by atoms with Crippen LogP contribution in [0.4, 0.5) is 0 Å². The lowest BCUT2D eigenvalue weighted by molar-refractivity contribution is 0.912. The average Bonchev–Trinajstić information content (AvgIpc) is 3.33. The molecule has 0 aliphatic carbocycles. The Kier molecular flexibility index (Phi) is 8.50. The summed E-state index contributed by atoms with van der Waals surface area (Å²) in [6.07, 6.45) is 7.62. The summed E-state index contributed by atoms with van der Waals surface area (Å²) in [6.45, 7) is 13.9. The van der Waals surface area contributed by atoms with Gasteiger partial charge in [0.05, 0.1) is 22.4 Å². The molecule has 5 heteroatoms. The van der Waals surface area contributed by atoms with Gasteiger partial charge in [-0.3, -0.25) is 4.98 Å². The number of aryl methyl sites for hydroxylation is 1. The molecule has 3 aromatic heterocycles. The van der Waals surface area contributed by atoms with E-state index in [2.05, 4.69) is 26.8 Å². The van der Waals surface area contributed by atoms with Crippen molar-refractivity contribution >= 4 is 23.2 Å². The highest BCUT2D eigenvalue weighted by molar-refractivity contribution is 5.80. The van der Waals surface area contributed by atoms with Gasteiger partial charge in [0.1, 0.15) is 11.5 Å². The van der Waals surface area contributed by atoms with Crippen molar-refractivity contribution in [3.8, 4) is 22.9 Å². The second-order valence-corrected chi connectivity index (χ2v) is 6.38. The minimum absolute atomic E-state index is 0.821. The molecule has 0 N–H and O–H groups in total. The van der Waals surface area contributed by atoms with Crippen molar-refractivity contribution in [2.24, 2.45) is 14.1 Å². The van der Waals surface area contributed by atoms with Crippen LogP contribution in [0.25, 0.3) is 46.1 Å². The van der Waals surface area contributed by atoms with Gasteiger partial charge in [-0.15, -0.1) is 0 Å². The number of rotatable bonds is 4. The second-order valence-electron chi connectivity index (χ2n) is 6.38. The number of nitrogens with zero attached hydrogens (tertiary/aromatic N) is 5. The molecular weight excluding hydrogens is 382 g/mol. The van der Waals surface area contributed by atoms with Crippen molar-refractivity contribution in [1.82, 2.24) is 24.1 Å². The van der Waals surface area contributed by atoms with E-state index in [0.717, 1.165) is 45.3 Å². The fraction of sp³-hybridized carbons (Fsp3) is 0.269. The van der Waals surface area contributed by atoms with Gasteiger partial charge in [-0.05, 0) is 43.3 Å². The van der Waals surface area contributed by atoms with Crippen LogP contribution < -0.4 is 0 Å². The molecular formula is C26H33N5. The van der Waals surface area contributed by atoms with Gasteiger partial charge in [0.2, 0.25) is 0 Å². The first kappa shape index (κ1) is 23.8. The Balaban J connectivity index is 0.000000807. The van der Waals surface area contributed by atoms with Gasteiger partial charge in [-0.2, -0.15) is 0 Å². The number of pyridine rings is 1. The SMILES string of the molecule is C=Cc1c(/C=C\C)nc(-c2ccnc(-c3nc4ccccc4n3C)c2)n1C.CC.CC. The number of allylic oxidation sites excluding steroid dienone is 1. The minimum atomic E-state index is 0.821. The number of hydrogen-bond donors (Lipinski definition) is 0. The first-order valence-corrected chi connectivity index (χ1v) is 10.8. The van der Waals surface area contributed by atoms with Crippen LogP contribution in [0.15, 0.2) is 55.3 Å². The normalized spacial score (nSPS) is 10.4. The zero-order valence-electron chi connectivity index (χ0n) is 19.7. The van der Waals surface area contributed by atoms with E-state index in [-0.39, 0.29) is 0 Å². The number of fused-ring (bicyclic) bond motifs is 1. The third-order valence-corrected chi connectivity index (χ3v) is 4.72. The Morgan fingerprint density at radius 3 is 2.26 bits per heavy atom. The summed E-state index contributed by atoms with van der Waals surface area (Å²) >= 11 is 0. The highest BCUT2D eigenvalue weighted by Crippen LogP contribution is 2.27. The smallest absolute Gasteiger partial charge is 0.159 e. The maximum Gasteiger partial charge on any atom is 0.159 e. The third kappa shape index (κ3) is 4.66. The first-order chi connectivity index (χ1) is 15.1. The topological polar surface area (TPSA) is 48.5 Å². The summed E-state index contributed by atoms with van der Waals surface area (Å²) in [5.74, 6) is 1.71. The van der Waals surface area contributed by atoms with Crippen LogP contribution in [0.2, 0.25) is 0 Å². The quantitative estimate of drug-likeness (QED) is 0.370. The fourth-order valence-corrected chi connectivity index (χ4v) is 3.38. The largest absolute Gasteiger partial charge is 0.327 e. The lowest BCUT2D eigenvalue weighted by Crippen LogP contribution is -1.98. The molecule has 0 amide bonds. The van der Waals surface area contributed by atoms with Crippen LogP contribution in [0.3, 0.4) is 0 Å². The molecule has 0 radical (unpaired) electrons. The van der Waals surface area contributed by atoms with Gasteiger partial charge in [0, 0.05) is 25.9 Å².